The number of hydroxylamine groups is 1. The first-order chi connectivity index (χ1) is 12.5. The highest BCUT2D eigenvalue weighted by Crippen LogP contribution is 2.19. The molecule has 7 heteroatoms. The minimum Gasteiger partial charge on any atom is -0.334 e. The van der Waals surface area contributed by atoms with Gasteiger partial charge in [0.2, 0.25) is 0 Å². The molecule has 0 spiro atoms. The number of aryl methyl sites for hydroxylation is 2. The first-order valence-corrected chi connectivity index (χ1v) is 8.53. The van der Waals surface area contributed by atoms with Gasteiger partial charge in [-0.25, -0.2) is 15.0 Å². The minimum atomic E-state index is -0.203. The van der Waals surface area contributed by atoms with E-state index in [0.717, 1.165) is 5.69 Å². The van der Waals surface area contributed by atoms with E-state index in [1.165, 1.54) is 0 Å². The SMILES string of the molecule is Cc1cc(N2CCN(C(=O)c3ccccc3C#N)C[C@H](C)O2)nc(C)n1. The van der Waals surface area contributed by atoms with Gasteiger partial charge in [0, 0.05) is 24.8 Å². The van der Waals surface area contributed by atoms with Gasteiger partial charge in [-0.05, 0) is 32.9 Å². The molecule has 0 radical (unpaired) electrons. The van der Waals surface area contributed by atoms with Gasteiger partial charge >= 0.3 is 0 Å². The lowest BCUT2D eigenvalue weighted by Gasteiger charge is -2.22. The third-order valence-electron chi connectivity index (χ3n) is 4.13. The van der Waals surface area contributed by atoms with Crippen molar-refractivity contribution < 1.29 is 9.63 Å². The van der Waals surface area contributed by atoms with Crippen molar-refractivity contribution in [2.75, 3.05) is 24.7 Å². The van der Waals surface area contributed by atoms with Crippen LogP contribution in [0.15, 0.2) is 30.3 Å². The summed E-state index contributed by atoms with van der Waals surface area (Å²) in [5.41, 5.74) is 1.67. The second kappa shape index (κ2) is 7.50. The molecule has 1 aliphatic heterocycles. The number of anilines is 1. The summed E-state index contributed by atoms with van der Waals surface area (Å²) in [4.78, 5) is 29.3. The van der Waals surface area contributed by atoms with Crippen molar-refractivity contribution in [2.45, 2.75) is 26.9 Å². The lowest BCUT2D eigenvalue weighted by Crippen LogP contribution is -2.37. The monoisotopic (exact) mass is 351 g/mol. The minimum absolute atomic E-state index is 0.158. The van der Waals surface area contributed by atoms with Gasteiger partial charge in [0.05, 0.1) is 23.7 Å². The molecule has 0 unspecified atom stereocenters. The molecule has 0 N–H and O–H groups in total. The Balaban J connectivity index is 1.81. The second-order valence-electron chi connectivity index (χ2n) is 6.34. The van der Waals surface area contributed by atoms with Crippen LogP contribution in [0, 0.1) is 25.2 Å². The van der Waals surface area contributed by atoms with Crippen LogP contribution in [-0.2, 0) is 4.84 Å². The topological polar surface area (TPSA) is 82.4 Å². The van der Waals surface area contributed by atoms with Crippen molar-refractivity contribution >= 4 is 11.7 Å². The average Bonchev–Trinajstić information content (AvgIpc) is 2.82. The second-order valence-corrected chi connectivity index (χ2v) is 6.34. The number of carbonyl (C=O) groups is 1. The normalized spacial score (nSPS) is 17.5. The van der Waals surface area contributed by atoms with Crippen LogP contribution >= 0.6 is 0 Å². The number of nitriles is 1. The molecule has 1 aliphatic rings. The number of aromatic nitrogens is 2. The summed E-state index contributed by atoms with van der Waals surface area (Å²) in [6.45, 7) is 7.07. The van der Waals surface area contributed by atoms with Crippen LogP contribution < -0.4 is 5.06 Å². The van der Waals surface area contributed by atoms with Crippen LogP contribution in [0.1, 0.15) is 34.4 Å². The predicted molar refractivity (Wildman–Crippen MR) is 96.5 cm³/mol. The van der Waals surface area contributed by atoms with Gasteiger partial charge in [0.1, 0.15) is 11.9 Å². The quantitative estimate of drug-likeness (QED) is 0.825. The molecule has 0 bridgehead atoms. The number of amides is 1. The summed E-state index contributed by atoms with van der Waals surface area (Å²) in [7, 11) is 0. The highest BCUT2D eigenvalue weighted by atomic mass is 16.7. The van der Waals surface area contributed by atoms with E-state index in [4.69, 9.17) is 4.84 Å². The summed E-state index contributed by atoms with van der Waals surface area (Å²) >= 11 is 0. The molecular formula is C19H21N5O2. The van der Waals surface area contributed by atoms with Crippen molar-refractivity contribution in [3.63, 3.8) is 0 Å². The molecule has 7 nitrogen and oxygen atoms in total. The van der Waals surface area contributed by atoms with Gasteiger partial charge in [-0.15, -0.1) is 0 Å². The Bertz CT molecular complexity index is 841. The molecule has 134 valence electrons. The zero-order valence-electron chi connectivity index (χ0n) is 15.1. The van der Waals surface area contributed by atoms with Gasteiger partial charge in [-0.1, -0.05) is 12.1 Å². The zero-order chi connectivity index (χ0) is 18.7. The molecule has 3 rings (SSSR count). The molecule has 1 aromatic carbocycles. The van der Waals surface area contributed by atoms with E-state index < -0.39 is 0 Å². The van der Waals surface area contributed by atoms with Crippen molar-refractivity contribution in [1.29, 1.82) is 5.26 Å². The molecule has 0 aliphatic carbocycles. The number of rotatable bonds is 2. The summed E-state index contributed by atoms with van der Waals surface area (Å²) in [5, 5.41) is 11.0. The van der Waals surface area contributed by atoms with Crippen LogP contribution in [0.4, 0.5) is 5.82 Å². The number of carbonyl (C=O) groups excluding carboxylic acids is 1. The third kappa shape index (κ3) is 3.81. The largest absolute Gasteiger partial charge is 0.334 e. The molecule has 1 atom stereocenters. The fourth-order valence-corrected chi connectivity index (χ4v) is 3.03. The number of benzene rings is 1. The van der Waals surface area contributed by atoms with E-state index >= 15 is 0 Å². The predicted octanol–water partition coefficient (Wildman–Crippen LogP) is 2.25. The Morgan fingerprint density at radius 3 is 2.77 bits per heavy atom. The maximum atomic E-state index is 12.9. The summed E-state index contributed by atoms with van der Waals surface area (Å²) in [6, 6.07) is 10.8. The van der Waals surface area contributed by atoms with Crippen LogP contribution in [0.3, 0.4) is 0 Å². The highest BCUT2D eigenvalue weighted by Gasteiger charge is 2.27. The van der Waals surface area contributed by atoms with Gasteiger partial charge in [-0.2, -0.15) is 5.26 Å². The first kappa shape index (κ1) is 17.8. The third-order valence-corrected chi connectivity index (χ3v) is 4.13. The van der Waals surface area contributed by atoms with Crippen LogP contribution in [0.25, 0.3) is 0 Å². The molecule has 2 heterocycles. The Labute approximate surface area is 152 Å². The molecular weight excluding hydrogens is 330 g/mol. The lowest BCUT2D eigenvalue weighted by molar-refractivity contribution is 0.0422. The van der Waals surface area contributed by atoms with E-state index in [2.05, 4.69) is 16.0 Å². The molecule has 1 saturated heterocycles. The average molecular weight is 351 g/mol. The van der Waals surface area contributed by atoms with Crippen molar-refractivity contribution in [3.8, 4) is 6.07 Å². The van der Waals surface area contributed by atoms with Gasteiger partial charge < -0.3 is 4.90 Å². The van der Waals surface area contributed by atoms with Crippen LogP contribution in [0.2, 0.25) is 0 Å². The standard InChI is InChI=1S/C19H21N5O2/c1-13-10-18(22-15(3)21-13)24-9-8-23(12-14(2)26-24)19(25)17-7-5-4-6-16(17)11-20/h4-7,10,14H,8-9,12H2,1-3H3/t14-/m0/s1. The number of hydrogen-bond donors (Lipinski definition) is 0. The van der Waals surface area contributed by atoms with E-state index in [0.29, 0.717) is 42.4 Å². The Morgan fingerprint density at radius 1 is 1.27 bits per heavy atom. The van der Waals surface area contributed by atoms with Gasteiger partial charge in [0.15, 0.2) is 5.82 Å². The van der Waals surface area contributed by atoms with Gasteiger partial charge in [-0.3, -0.25) is 9.63 Å². The fourth-order valence-electron chi connectivity index (χ4n) is 3.03. The first-order valence-electron chi connectivity index (χ1n) is 8.53. The summed E-state index contributed by atoms with van der Waals surface area (Å²) in [5.74, 6) is 1.21. The maximum absolute atomic E-state index is 12.9. The van der Waals surface area contributed by atoms with Gasteiger partial charge in [0.25, 0.3) is 5.91 Å². The Hall–Kier alpha value is -2.98. The Kier molecular flexibility index (Phi) is 5.14. The molecule has 26 heavy (non-hydrogen) atoms. The van der Waals surface area contributed by atoms with E-state index in [9.17, 15) is 10.1 Å². The van der Waals surface area contributed by atoms with Crippen molar-refractivity contribution in [2.24, 2.45) is 0 Å². The molecule has 1 fully saturated rings. The van der Waals surface area contributed by atoms with Crippen LogP contribution in [-0.4, -0.2) is 46.5 Å². The summed E-state index contributed by atoms with van der Waals surface area (Å²) in [6.07, 6.45) is -0.203. The van der Waals surface area contributed by atoms with Crippen LogP contribution in [0.5, 0.6) is 0 Å². The lowest BCUT2D eigenvalue weighted by atomic mass is 10.1. The summed E-state index contributed by atoms with van der Waals surface area (Å²) < 4.78 is 0. The van der Waals surface area contributed by atoms with E-state index in [1.54, 1.807) is 34.2 Å². The highest BCUT2D eigenvalue weighted by molar-refractivity contribution is 5.96. The maximum Gasteiger partial charge on any atom is 0.255 e. The van der Waals surface area contributed by atoms with E-state index in [1.807, 2.05) is 26.8 Å². The molecule has 0 saturated carbocycles. The zero-order valence-corrected chi connectivity index (χ0v) is 15.1. The fraction of sp³-hybridized carbons (Fsp3) is 0.368. The van der Waals surface area contributed by atoms with Crippen molar-refractivity contribution in [3.05, 3.63) is 53.0 Å². The molecule has 2 aromatic rings. The Morgan fingerprint density at radius 2 is 2.04 bits per heavy atom. The molecule has 1 amide bonds. The number of hydrogen-bond acceptors (Lipinski definition) is 6. The smallest absolute Gasteiger partial charge is 0.255 e. The number of nitrogens with zero attached hydrogens (tertiary/aromatic N) is 5. The van der Waals surface area contributed by atoms with Crippen molar-refractivity contribution in [1.82, 2.24) is 14.9 Å². The van der Waals surface area contributed by atoms with E-state index in [-0.39, 0.29) is 12.0 Å². The molecule has 1 aromatic heterocycles.